The number of hydrogen-bond acceptors (Lipinski definition) is 5. The zero-order valence-corrected chi connectivity index (χ0v) is 18.8. The van der Waals surface area contributed by atoms with Crippen molar-refractivity contribution in [3.8, 4) is 0 Å². The molecule has 2 aromatic carbocycles. The van der Waals surface area contributed by atoms with E-state index in [-0.39, 0.29) is 22.6 Å². The lowest BCUT2D eigenvalue weighted by Crippen LogP contribution is -2.29. The van der Waals surface area contributed by atoms with Crippen molar-refractivity contribution in [2.75, 3.05) is 4.90 Å². The molecule has 1 aliphatic rings. The highest BCUT2D eigenvalue weighted by Crippen LogP contribution is 2.42. The summed E-state index contributed by atoms with van der Waals surface area (Å²) in [6.07, 6.45) is 0. The summed E-state index contributed by atoms with van der Waals surface area (Å²) in [5.74, 6) is -0.971. The van der Waals surface area contributed by atoms with Crippen molar-refractivity contribution < 1.29 is 19.2 Å². The molecule has 6 nitrogen and oxygen atoms in total. The van der Waals surface area contributed by atoms with E-state index < -0.39 is 17.7 Å². The van der Waals surface area contributed by atoms with Crippen LogP contribution in [0.15, 0.2) is 64.7 Å². The van der Waals surface area contributed by atoms with Crippen molar-refractivity contribution in [2.45, 2.75) is 46.1 Å². The number of aryl methyl sites for hydroxylation is 2. The van der Waals surface area contributed by atoms with Gasteiger partial charge in [-0.25, -0.2) is 0 Å². The van der Waals surface area contributed by atoms with Crippen molar-refractivity contribution in [3.05, 3.63) is 88.2 Å². The first-order chi connectivity index (χ1) is 15.1. The van der Waals surface area contributed by atoms with Crippen LogP contribution < -0.4 is 4.90 Å². The van der Waals surface area contributed by atoms with E-state index in [1.54, 1.807) is 25.1 Å². The number of aliphatic hydroxyl groups excluding tert-OH is 1. The molecule has 0 aliphatic carbocycles. The average molecular weight is 431 g/mol. The van der Waals surface area contributed by atoms with E-state index in [4.69, 9.17) is 4.52 Å². The van der Waals surface area contributed by atoms with Gasteiger partial charge in [-0.3, -0.25) is 14.5 Å². The van der Waals surface area contributed by atoms with Gasteiger partial charge in [0.2, 0.25) is 0 Å². The second-order valence-corrected chi connectivity index (χ2v) is 9.20. The third-order valence-corrected chi connectivity index (χ3v) is 5.72. The van der Waals surface area contributed by atoms with Crippen molar-refractivity contribution >= 4 is 23.3 Å². The fraction of sp³-hybridized carbons (Fsp3) is 0.269. The van der Waals surface area contributed by atoms with Crippen LogP contribution in [0.2, 0.25) is 0 Å². The molecule has 1 atom stereocenters. The highest BCUT2D eigenvalue weighted by Gasteiger charge is 2.48. The first kappa shape index (κ1) is 21.6. The number of hydrogen-bond donors (Lipinski definition) is 1. The molecule has 0 radical (unpaired) electrons. The maximum atomic E-state index is 13.1. The van der Waals surface area contributed by atoms with Gasteiger partial charge in [0.15, 0.2) is 5.82 Å². The monoisotopic (exact) mass is 430 g/mol. The Kier molecular flexibility index (Phi) is 5.25. The Bertz CT molecular complexity index is 1210. The molecule has 2 heterocycles. The molecule has 164 valence electrons. The zero-order chi connectivity index (χ0) is 23.2. The molecular formula is C26H26N2O4. The third kappa shape index (κ3) is 3.73. The molecule has 1 N–H and O–H groups in total. The molecule has 0 saturated carbocycles. The lowest BCUT2D eigenvalue weighted by molar-refractivity contribution is -0.132. The van der Waals surface area contributed by atoms with Crippen molar-refractivity contribution in [3.63, 3.8) is 0 Å². The summed E-state index contributed by atoms with van der Waals surface area (Å²) in [7, 11) is 0. The summed E-state index contributed by atoms with van der Waals surface area (Å²) < 4.78 is 5.17. The maximum Gasteiger partial charge on any atom is 0.301 e. The summed E-state index contributed by atoms with van der Waals surface area (Å²) >= 11 is 0. The van der Waals surface area contributed by atoms with Crippen LogP contribution in [0, 0.1) is 13.8 Å². The number of aromatic nitrogens is 1. The van der Waals surface area contributed by atoms with E-state index in [1.165, 1.54) is 4.90 Å². The van der Waals surface area contributed by atoms with Crippen molar-refractivity contribution in [1.82, 2.24) is 5.16 Å². The molecule has 4 rings (SSSR count). The van der Waals surface area contributed by atoms with E-state index in [1.807, 2.05) is 43.3 Å². The molecule has 0 bridgehead atoms. The van der Waals surface area contributed by atoms with Crippen LogP contribution in [0.1, 0.15) is 54.8 Å². The minimum atomic E-state index is -0.824. The van der Waals surface area contributed by atoms with Crippen LogP contribution in [0.25, 0.3) is 5.76 Å². The number of carbonyl (C=O) groups is 2. The molecule has 32 heavy (non-hydrogen) atoms. The van der Waals surface area contributed by atoms with Crippen molar-refractivity contribution in [1.29, 1.82) is 0 Å². The van der Waals surface area contributed by atoms with Crippen LogP contribution in [0.5, 0.6) is 0 Å². The molecule has 6 heteroatoms. The van der Waals surface area contributed by atoms with Gasteiger partial charge in [-0.2, -0.15) is 0 Å². The quantitative estimate of drug-likeness (QED) is 0.350. The Morgan fingerprint density at radius 3 is 2.16 bits per heavy atom. The van der Waals surface area contributed by atoms with Crippen LogP contribution >= 0.6 is 0 Å². The predicted octanol–water partition coefficient (Wildman–Crippen LogP) is 5.22. The summed E-state index contributed by atoms with van der Waals surface area (Å²) in [5, 5.41) is 15.1. The molecule has 1 amide bonds. The van der Waals surface area contributed by atoms with E-state index in [9.17, 15) is 14.7 Å². The van der Waals surface area contributed by atoms with E-state index in [2.05, 4.69) is 25.9 Å². The first-order valence-corrected chi connectivity index (χ1v) is 10.5. The number of benzene rings is 2. The topological polar surface area (TPSA) is 83.6 Å². The van der Waals surface area contributed by atoms with Gasteiger partial charge in [-0.15, -0.1) is 0 Å². The number of Topliss-reactive ketones (excluding diaryl/α,β-unsaturated/α-hetero) is 1. The number of ketones is 1. The summed E-state index contributed by atoms with van der Waals surface area (Å²) in [6, 6.07) is 15.7. The molecule has 1 aromatic heterocycles. The maximum absolute atomic E-state index is 13.1. The fourth-order valence-electron chi connectivity index (χ4n) is 3.88. The SMILES string of the molecule is Cc1ccc(/C(O)=C2\C(=O)C(=O)N(c3cc(C)on3)[C@H]2c2ccc(C(C)(C)C)cc2)cc1. The number of carbonyl (C=O) groups excluding carboxylic acids is 2. The first-order valence-electron chi connectivity index (χ1n) is 10.5. The second kappa shape index (κ2) is 7.79. The minimum absolute atomic E-state index is 0.0306. The molecule has 1 fully saturated rings. The van der Waals surface area contributed by atoms with Gasteiger partial charge in [-0.05, 0) is 30.4 Å². The minimum Gasteiger partial charge on any atom is -0.507 e. The number of rotatable bonds is 3. The van der Waals surface area contributed by atoms with E-state index in [0.29, 0.717) is 16.9 Å². The van der Waals surface area contributed by atoms with Gasteiger partial charge < -0.3 is 9.63 Å². The van der Waals surface area contributed by atoms with Crippen LogP contribution in [-0.4, -0.2) is 22.0 Å². The van der Waals surface area contributed by atoms with Gasteiger partial charge >= 0.3 is 5.91 Å². The lowest BCUT2D eigenvalue weighted by atomic mass is 9.85. The van der Waals surface area contributed by atoms with Gasteiger partial charge in [0.05, 0.1) is 11.6 Å². The fourth-order valence-corrected chi connectivity index (χ4v) is 3.88. The molecule has 1 saturated heterocycles. The normalized spacial score (nSPS) is 18.4. The second-order valence-electron chi connectivity index (χ2n) is 9.20. The highest BCUT2D eigenvalue weighted by atomic mass is 16.5. The molecular weight excluding hydrogens is 404 g/mol. The average Bonchev–Trinajstić information content (AvgIpc) is 3.28. The Morgan fingerprint density at radius 2 is 1.62 bits per heavy atom. The van der Waals surface area contributed by atoms with E-state index in [0.717, 1.165) is 11.1 Å². The molecule has 1 aliphatic heterocycles. The Morgan fingerprint density at radius 1 is 1.00 bits per heavy atom. The number of aliphatic hydroxyl groups is 1. The number of anilines is 1. The number of nitrogens with zero attached hydrogens (tertiary/aromatic N) is 2. The largest absolute Gasteiger partial charge is 0.507 e. The third-order valence-electron chi connectivity index (χ3n) is 5.72. The lowest BCUT2D eigenvalue weighted by Gasteiger charge is -2.24. The Balaban J connectivity index is 1.91. The summed E-state index contributed by atoms with van der Waals surface area (Å²) in [4.78, 5) is 27.5. The van der Waals surface area contributed by atoms with Crippen LogP contribution in [0.3, 0.4) is 0 Å². The molecule has 3 aromatic rings. The van der Waals surface area contributed by atoms with Gasteiger partial charge in [0.25, 0.3) is 5.78 Å². The van der Waals surface area contributed by atoms with Crippen molar-refractivity contribution in [2.24, 2.45) is 0 Å². The molecule has 0 spiro atoms. The Labute approximate surface area is 187 Å². The van der Waals surface area contributed by atoms with Gasteiger partial charge in [0.1, 0.15) is 11.5 Å². The van der Waals surface area contributed by atoms with Crippen LogP contribution in [0.4, 0.5) is 5.82 Å². The van der Waals surface area contributed by atoms with E-state index >= 15 is 0 Å². The smallest absolute Gasteiger partial charge is 0.301 e. The summed E-state index contributed by atoms with van der Waals surface area (Å²) in [6.45, 7) is 10.00. The number of amides is 1. The predicted molar refractivity (Wildman–Crippen MR) is 122 cm³/mol. The highest BCUT2D eigenvalue weighted by molar-refractivity contribution is 6.51. The Hall–Kier alpha value is -3.67. The standard InChI is InChI=1S/C26H26N2O4/c1-15-6-8-18(9-7-15)23(29)21-22(17-10-12-19(13-11-17)26(3,4)5)28(25(31)24(21)30)20-14-16(2)32-27-20/h6-14,22,29H,1-5H3/b23-21+/t22-/m0/s1. The van der Waals surface area contributed by atoms with Gasteiger partial charge in [0, 0.05) is 11.6 Å². The van der Waals surface area contributed by atoms with Crippen LogP contribution in [-0.2, 0) is 15.0 Å². The zero-order valence-electron chi connectivity index (χ0n) is 18.8. The summed E-state index contributed by atoms with van der Waals surface area (Å²) in [5.41, 5.74) is 3.30. The van der Waals surface area contributed by atoms with Gasteiger partial charge in [-0.1, -0.05) is 80.0 Å². The molecule has 0 unspecified atom stereocenters.